The van der Waals surface area contributed by atoms with Crippen LogP contribution in [0.5, 0.6) is 0 Å². The summed E-state index contributed by atoms with van der Waals surface area (Å²) >= 11 is 0. The zero-order chi connectivity index (χ0) is 15.3. The average Bonchev–Trinajstić information content (AvgIpc) is 2.46. The van der Waals surface area contributed by atoms with E-state index in [0.717, 1.165) is 31.4 Å². The summed E-state index contributed by atoms with van der Waals surface area (Å²) < 4.78 is 14.1. The lowest BCUT2D eigenvalue weighted by Gasteiger charge is -2.31. The van der Waals surface area contributed by atoms with E-state index in [2.05, 4.69) is 26.1 Å². The summed E-state index contributed by atoms with van der Waals surface area (Å²) in [4.78, 5) is 12.2. The van der Waals surface area contributed by atoms with Gasteiger partial charge in [0.05, 0.1) is 0 Å². The van der Waals surface area contributed by atoms with Gasteiger partial charge in [-0.25, -0.2) is 4.39 Å². The summed E-state index contributed by atoms with van der Waals surface area (Å²) in [7, 11) is 0. The summed E-state index contributed by atoms with van der Waals surface area (Å²) in [6.07, 6.45) is 2.95. The van der Waals surface area contributed by atoms with E-state index in [-0.39, 0.29) is 17.7 Å². The van der Waals surface area contributed by atoms with Gasteiger partial charge in [-0.3, -0.25) is 4.79 Å². The van der Waals surface area contributed by atoms with Gasteiger partial charge in [-0.15, -0.1) is 0 Å². The van der Waals surface area contributed by atoms with Crippen LogP contribution in [0.2, 0.25) is 0 Å². The minimum Gasteiger partial charge on any atom is -0.330 e. The number of allylic oxidation sites excluding steroid dienone is 2. The molecule has 1 amide bonds. The molecule has 0 aromatic heterocycles. The number of rotatable bonds is 7. The van der Waals surface area contributed by atoms with Crippen LogP contribution in [-0.2, 0) is 4.79 Å². The molecule has 0 aromatic rings. The van der Waals surface area contributed by atoms with Crippen molar-refractivity contribution >= 4 is 5.91 Å². The molecule has 0 saturated heterocycles. The van der Waals surface area contributed by atoms with Crippen molar-refractivity contribution in [1.29, 1.82) is 0 Å². The van der Waals surface area contributed by atoms with E-state index < -0.39 is 6.17 Å². The van der Waals surface area contributed by atoms with E-state index in [1.54, 1.807) is 0 Å². The molecule has 0 radical (unpaired) electrons. The molecule has 2 nitrogen and oxygen atoms in total. The highest BCUT2D eigenvalue weighted by atomic mass is 19.1. The van der Waals surface area contributed by atoms with E-state index in [1.807, 2.05) is 13.8 Å². The van der Waals surface area contributed by atoms with E-state index in [0.29, 0.717) is 12.3 Å². The molecule has 0 saturated carbocycles. The fourth-order valence-corrected chi connectivity index (χ4v) is 2.82. The highest BCUT2D eigenvalue weighted by molar-refractivity contribution is 5.82. The first-order valence-electron chi connectivity index (χ1n) is 8.11. The van der Waals surface area contributed by atoms with Crippen LogP contribution >= 0.6 is 0 Å². The number of alkyl halides is 1. The van der Waals surface area contributed by atoms with Gasteiger partial charge in [0.1, 0.15) is 6.17 Å². The van der Waals surface area contributed by atoms with Crippen molar-refractivity contribution in [3.8, 4) is 0 Å². The molecule has 1 rings (SSSR count). The molecule has 3 unspecified atom stereocenters. The monoisotopic (exact) mass is 283 g/mol. The Balaban J connectivity index is 2.82. The Labute approximate surface area is 123 Å². The standard InChI is InChI=1S/C17H30FNO/c1-6-11(4)14-9-13(10-15(18)12(5)7-2)17(20)19-16(14)8-3/h11-13,15H,6-10H2,1-5H3,(H,19,20)/t11?,12-,13?,15?/m0/s1. The maximum Gasteiger partial charge on any atom is 0.227 e. The minimum atomic E-state index is -0.878. The van der Waals surface area contributed by atoms with Crippen LogP contribution in [0.25, 0.3) is 0 Å². The summed E-state index contributed by atoms with van der Waals surface area (Å²) in [5, 5.41) is 3.02. The van der Waals surface area contributed by atoms with Gasteiger partial charge < -0.3 is 5.32 Å². The SMILES string of the molecule is CCC1=C(C(C)CC)CC(CC(F)[C@@H](C)CC)C(=O)N1. The molecule has 0 bridgehead atoms. The second kappa shape index (κ2) is 7.80. The fraction of sp³-hybridized carbons (Fsp3) is 0.824. The molecule has 4 atom stereocenters. The van der Waals surface area contributed by atoms with Crippen LogP contribution in [0.1, 0.15) is 66.7 Å². The van der Waals surface area contributed by atoms with Crippen LogP contribution in [0.15, 0.2) is 11.3 Å². The lowest BCUT2D eigenvalue weighted by molar-refractivity contribution is -0.125. The van der Waals surface area contributed by atoms with Crippen molar-refractivity contribution in [1.82, 2.24) is 5.32 Å². The van der Waals surface area contributed by atoms with Crippen molar-refractivity contribution in [2.45, 2.75) is 72.9 Å². The average molecular weight is 283 g/mol. The number of hydrogen-bond acceptors (Lipinski definition) is 1. The third-order valence-corrected chi connectivity index (χ3v) is 4.83. The maximum atomic E-state index is 14.1. The fourth-order valence-electron chi connectivity index (χ4n) is 2.82. The number of halogens is 1. The number of hydrogen-bond donors (Lipinski definition) is 1. The molecular weight excluding hydrogens is 253 g/mol. The highest BCUT2D eigenvalue weighted by Crippen LogP contribution is 2.33. The first-order valence-corrected chi connectivity index (χ1v) is 8.11. The Bertz CT molecular complexity index is 364. The topological polar surface area (TPSA) is 29.1 Å². The first kappa shape index (κ1) is 17.2. The Morgan fingerprint density at radius 1 is 1.25 bits per heavy atom. The maximum absolute atomic E-state index is 14.1. The highest BCUT2D eigenvalue weighted by Gasteiger charge is 2.32. The van der Waals surface area contributed by atoms with Gasteiger partial charge in [0.25, 0.3) is 0 Å². The second-order valence-corrected chi connectivity index (χ2v) is 6.19. The quantitative estimate of drug-likeness (QED) is 0.726. The predicted octanol–water partition coefficient (Wildman–Crippen LogP) is 4.61. The van der Waals surface area contributed by atoms with Crippen LogP contribution < -0.4 is 5.32 Å². The third-order valence-electron chi connectivity index (χ3n) is 4.83. The molecule has 116 valence electrons. The normalized spacial score (nSPS) is 24.3. The van der Waals surface area contributed by atoms with E-state index in [9.17, 15) is 9.18 Å². The number of amides is 1. The Morgan fingerprint density at radius 3 is 2.40 bits per heavy atom. The zero-order valence-corrected chi connectivity index (χ0v) is 13.6. The Kier molecular flexibility index (Phi) is 6.70. The molecule has 1 N–H and O–H groups in total. The first-order chi connectivity index (χ1) is 9.44. The van der Waals surface area contributed by atoms with E-state index in [1.165, 1.54) is 5.57 Å². The second-order valence-electron chi connectivity index (χ2n) is 6.19. The van der Waals surface area contributed by atoms with Gasteiger partial charge in [-0.2, -0.15) is 0 Å². The minimum absolute atomic E-state index is 0.0138. The van der Waals surface area contributed by atoms with Crippen LogP contribution in [0.3, 0.4) is 0 Å². The predicted molar refractivity (Wildman–Crippen MR) is 82.0 cm³/mol. The van der Waals surface area contributed by atoms with Crippen molar-refractivity contribution in [3.63, 3.8) is 0 Å². The molecule has 1 heterocycles. The molecule has 0 spiro atoms. The largest absolute Gasteiger partial charge is 0.330 e. The Morgan fingerprint density at radius 2 is 1.90 bits per heavy atom. The van der Waals surface area contributed by atoms with Gasteiger partial charge in [0.2, 0.25) is 5.91 Å². The molecule has 0 fully saturated rings. The lowest BCUT2D eigenvalue weighted by Crippen LogP contribution is -2.38. The van der Waals surface area contributed by atoms with Crippen molar-refractivity contribution in [3.05, 3.63) is 11.3 Å². The van der Waals surface area contributed by atoms with Gasteiger partial charge in [-0.1, -0.05) is 41.0 Å². The van der Waals surface area contributed by atoms with Gasteiger partial charge in [-0.05, 0) is 43.1 Å². The number of carbonyl (C=O) groups is 1. The zero-order valence-electron chi connectivity index (χ0n) is 13.6. The van der Waals surface area contributed by atoms with Crippen molar-refractivity contribution in [2.75, 3.05) is 0 Å². The Hall–Kier alpha value is -0.860. The van der Waals surface area contributed by atoms with E-state index in [4.69, 9.17) is 0 Å². The van der Waals surface area contributed by atoms with Gasteiger partial charge >= 0.3 is 0 Å². The summed E-state index contributed by atoms with van der Waals surface area (Å²) in [6, 6.07) is 0. The third kappa shape index (κ3) is 4.07. The van der Waals surface area contributed by atoms with Gasteiger partial charge in [0.15, 0.2) is 0 Å². The summed E-state index contributed by atoms with van der Waals surface area (Å²) in [6.45, 7) is 10.3. The molecule has 1 aliphatic heterocycles. The molecule has 0 aromatic carbocycles. The van der Waals surface area contributed by atoms with Crippen molar-refractivity contribution < 1.29 is 9.18 Å². The van der Waals surface area contributed by atoms with Crippen molar-refractivity contribution in [2.24, 2.45) is 17.8 Å². The van der Waals surface area contributed by atoms with Crippen LogP contribution in [-0.4, -0.2) is 12.1 Å². The molecule has 1 aliphatic rings. The van der Waals surface area contributed by atoms with Crippen LogP contribution in [0.4, 0.5) is 4.39 Å². The van der Waals surface area contributed by atoms with Gasteiger partial charge in [0, 0.05) is 11.6 Å². The number of nitrogens with one attached hydrogen (secondary N) is 1. The summed E-state index contributed by atoms with van der Waals surface area (Å²) in [5.74, 6) is 0.319. The molecular formula is C17H30FNO. The molecule has 0 aliphatic carbocycles. The smallest absolute Gasteiger partial charge is 0.227 e. The lowest BCUT2D eigenvalue weighted by atomic mass is 9.81. The van der Waals surface area contributed by atoms with Crippen LogP contribution in [0, 0.1) is 17.8 Å². The summed E-state index contributed by atoms with van der Waals surface area (Å²) in [5.41, 5.74) is 2.40. The molecule has 20 heavy (non-hydrogen) atoms. The van der Waals surface area contributed by atoms with E-state index >= 15 is 0 Å². The molecule has 3 heteroatoms. The number of carbonyl (C=O) groups excluding carboxylic acids is 1.